The van der Waals surface area contributed by atoms with E-state index in [1.165, 1.54) is 16.7 Å². The van der Waals surface area contributed by atoms with Crippen molar-refractivity contribution in [1.82, 2.24) is 4.90 Å². The van der Waals surface area contributed by atoms with E-state index in [0.717, 1.165) is 5.75 Å². The molecule has 0 saturated carbocycles. The molecule has 0 amide bonds. The predicted octanol–water partition coefficient (Wildman–Crippen LogP) is 2.98. The van der Waals surface area contributed by atoms with Crippen molar-refractivity contribution in [3.63, 3.8) is 0 Å². The Balaban J connectivity index is 5.84. The van der Waals surface area contributed by atoms with E-state index in [1.807, 2.05) is 6.92 Å². The summed E-state index contributed by atoms with van der Waals surface area (Å²) < 4.78 is 21.5. The first-order valence-electron chi connectivity index (χ1n) is 11.0. The smallest absolute Gasteiger partial charge is 0.327 e. The molecule has 0 fully saturated rings. The highest BCUT2D eigenvalue weighted by atomic mass is 32.2. The van der Waals surface area contributed by atoms with Gasteiger partial charge in [-0.05, 0) is 68.1 Å². The fraction of sp³-hybridized carbons (Fsp3) is 0.826. The summed E-state index contributed by atoms with van der Waals surface area (Å²) in [5.74, 6) is -1.68. The first kappa shape index (κ1) is 31.2. The molecule has 0 rings (SSSR count). The van der Waals surface area contributed by atoms with Crippen molar-refractivity contribution in [2.24, 2.45) is 0 Å². The Morgan fingerprint density at radius 2 is 1.15 bits per heavy atom. The van der Waals surface area contributed by atoms with Crippen molar-refractivity contribution in [3.8, 4) is 0 Å². The molecule has 192 valence electrons. The molecule has 0 unspecified atom stereocenters. The molecule has 1 atom stereocenters. The largest absolute Gasteiger partial charge is 0.463 e. The van der Waals surface area contributed by atoms with Crippen LogP contribution in [0.25, 0.3) is 0 Å². The zero-order chi connectivity index (χ0) is 26.0. The Hall–Kier alpha value is -1.81. The lowest BCUT2D eigenvalue weighted by molar-refractivity contribution is -0.170. The second kappa shape index (κ2) is 13.2. The molecule has 0 saturated heterocycles. The van der Waals surface area contributed by atoms with E-state index in [-0.39, 0.29) is 12.4 Å². The Bertz CT molecular complexity index is 643. The number of hydrogen-bond acceptors (Lipinski definition) is 10. The SMILES string of the molecule is CCSCC(=O)OC[C@@H](C(=O)OC(C)(C)C)N(CC(=O)OC(C)(C)C)CC(=O)OC(C)(C)C. The average Bonchev–Trinajstić information content (AvgIpc) is 2.54. The second-order valence-electron chi connectivity index (χ2n) is 10.4. The summed E-state index contributed by atoms with van der Waals surface area (Å²) in [5.41, 5.74) is -2.36. The van der Waals surface area contributed by atoms with Gasteiger partial charge in [0, 0.05) is 0 Å². The third kappa shape index (κ3) is 16.4. The van der Waals surface area contributed by atoms with Crippen LogP contribution in [0.2, 0.25) is 0 Å². The number of ether oxygens (including phenoxy) is 4. The highest BCUT2D eigenvalue weighted by Gasteiger charge is 2.36. The van der Waals surface area contributed by atoms with Gasteiger partial charge in [-0.3, -0.25) is 24.1 Å². The zero-order valence-electron chi connectivity index (χ0n) is 21.7. The van der Waals surface area contributed by atoms with E-state index in [4.69, 9.17) is 18.9 Å². The topological polar surface area (TPSA) is 108 Å². The first-order valence-corrected chi connectivity index (χ1v) is 12.1. The quantitative estimate of drug-likeness (QED) is 0.316. The van der Waals surface area contributed by atoms with Crippen molar-refractivity contribution in [1.29, 1.82) is 0 Å². The Morgan fingerprint density at radius 1 is 0.727 bits per heavy atom. The molecule has 0 heterocycles. The minimum atomic E-state index is -1.21. The van der Waals surface area contributed by atoms with Crippen LogP contribution in [-0.2, 0) is 38.1 Å². The highest BCUT2D eigenvalue weighted by Crippen LogP contribution is 2.16. The van der Waals surface area contributed by atoms with E-state index in [2.05, 4.69) is 0 Å². The molecule has 10 heteroatoms. The molecule has 0 aliphatic carbocycles. The average molecular weight is 492 g/mol. The summed E-state index contributed by atoms with van der Waals surface area (Å²) in [6, 6.07) is -1.21. The van der Waals surface area contributed by atoms with Crippen molar-refractivity contribution in [2.75, 3.05) is 31.2 Å². The summed E-state index contributed by atoms with van der Waals surface area (Å²) >= 11 is 1.38. The molecule has 33 heavy (non-hydrogen) atoms. The third-order valence-electron chi connectivity index (χ3n) is 3.45. The van der Waals surface area contributed by atoms with Gasteiger partial charge in [0.2, 0.25) is 0 Å². The van der Waals surface area contributed by atoms with Gasteiger partial charge < -0.3 is 18.9 Å². The lowest BCUT2D eigenvalue weighted by atomic mass is 10.1. The van der Waals surface area contributed by atoms with Crippen LogP contribution in [0.5, 0.6) is 0 Å². The lowest BCUT2D eigenvalue weighted by Gasteiger charge is -2.32. The minimum Gasteiger partial charge on any atom is -0.463 e. The van der Waals surface area contributed by atoms with Gasteiger partial charge in [-0.25, -0.2) is 0 Å². The number of thioether (sulfide) groups is 1. The van der Waals surface area contributed by atoms with Gasteiger partial charge >= 0.3 is 23.9 Å². The van der Waals surface area contributed by atoms with Crippen LogP contribution in [0.4, 0.5) is 0 Å². The van der Waals surface area contributed by atoms with E-state index < -0.39 is 59.8 Å². The molecular weight excluding hydrogens is 450 g/mol. The maximum atomic E-state index is 13.0. The molecule has 0 aliphatic heterocycles. The third-order valence-corrected chi connectivity index (χ3v) is 4.30. The fourth-order valence-corrected chi connectivity index (χ4v) is 2.90. The highest BCUT2D eigenvalue weighted by molar-refractivity contribution is 7.99. The van der Waals surface area contributed by atoms with Crippen LogP contribution in [-0.4, -0.2) is 82.8 Å². The second-order valence-corrected chi connectivity index (χ2v) is 11.7. The molecule has 9 nitrogen and oxygen atoms in total. The van der Waals surface area contributed by atoms with Crippen LogP contribution < -0.4 is 0 Å². The molecule has 0 radical (unpaired) electrons. The van der Waals surface area contributed by atoms with Crippen LogP contribution in [0.3, 0.4) is 0 Å². The van der Waals surface area contributed by atoms with E-state index in [9.17, 15) is 19.2 Å². The Kier molecular flexibility index (Phi) is 12.5. The molecule has 0 spiro atoms. The van der Waals surface area contributed by atoms with Crippen LogP contribution >= 0.6 is 11.8 Å². The standard InChI is InChI=1S/C23H41NO8S/c1-11-33-15-19(27)29-14-16(20(28)32-23(8,9)10)24(12-17(25)30-21(2,3)4)13-18(26)31-22(5,6)7/h16H,11-15H2,1-10H3/t16-/m0/s1. The molecular formula is C23H41NO8S. The summed E-state index contributed by atoms with van der Waals surface area (Å²) in [6.45, 7) is 16.1. The van der Waals surface area contributed by atoms with Crippen LogP contribution in [0, 0.1) is 0 Å². The van der Waals surface area contributed by atoms with Gasteiger partial charge in [0.05, 0.1) is 18.8 Å². The lowest BCUT2D eigenvalue weighted by Crippen LogP contribution is -2.52. The number of esters is 4. The van der Waals surface area contributed by atoms with E-state index >= 15 is 0 Å². The van der Waals surface area contributed by atoms with Gasteiger partial charge in [-0.1, -0.05) is 6.92 Å². The zero-order valence-corrected chi connectivity index (χ0v) is 22.6. The molecule has 0 aliphatic rings. The minimum absolute atomic E-state index is 0.121. The van der Waals surface area contributed by atoms with Crippen molar-refractivity contribution >= 4 is 35.6 Å². The van der Waals surface area contributed by atoms with Crippen molar-refractivity contribution in [3.05, 3.63) is 0 Å². The number of rotatable bonds is 11. The molecule has 0 aromatic carbocycles. The van der Waals surface area contributed by atoms with Gasteiger partial charge in [0.15, 0.2) is 0 Å². The summed E-state index contributed by atoms with van der Waals surface area (Å²) in [6.07, 6.45) is 0. The van der Waals surface area contributed by atoms with E-state index in [0.29, 0.717) is 0 Å². The monoisotopic (exact) mass is 491 g/mol. The van der Waals surface area contributed by atoms with Crippen LogP contribution in [0.15, 0.2) is 0 Å². The molecule has 0 bridgehead atoms. The van der Waals surface area contributed by atoms with Crippen molar-refractivity contribution < 1.29 is 38.1 Å². The number of carbonyl (C=O) groups excluding carboxylic acids is 4. The molecule has 0 aromatic rings. The van der Waals surface area contributed by atoms with Gasteiger partial charge in [0.25, 0.3) is 0 Å². The number of hydrogen-bond donors (Lipinski definition) is 0. The molecule has 0 N–H and O–H groups in total. The number of carbonyl (C=O) groups is 4. The summed E-state index contributed by atoms with van der Waals surface area (Å²) in [7, 11) is 0. The predicted molar refractivity (Wildman–Crippen MR) is 127 cm³/mol. The summed E-state index contributed by atoms with van der Waals surface area (Å²) in [5, 5.41) is 0. The van der Waals surface area contributed by atoms with Gasteiger partial charge in [-0.2, -0.15) is 11.8 Å². The van der Waals surface area contributed by atoms with Gasteiger partial charge in [-0.15, -0.1) is 0 Å². The normalized spacial score (nSPS) is 13.3. The maximum absolute atomic E-state index is 13.0. The Morgan fingerprint density at radius 3 is 1.52 bits per heavy atom. The van der Waals surface area contributed by atoms with Gasteiger partial charge in [0.1, 0.15) is 29.5 Å². The van der Waals surface area contributed by atoms with Crippen LogP contribution in [0.1, 0.15) is 69.2 Å². The fourth-order valence-electron chi connectivity index (χ4n) is 2.45. The maximum Gasteiger partial charge on any atom is 0.327 e. The van der Waals surface area contributed by atoms with Crippen molar-refractivity contribution in [2.45, 2.75) is 92.1 Å². The molecule has 0 aromatic heterocycles. The van der Waals surface area contributed by atoms with E-state index in [1.54, 1.807) is 62.3 Å². The number of nitrogens with zero attached hydrogens (tertiary/aromatic N) is 1. The first-order chi connectivity index (χ1) is 14.8. The summed E-state index contributed by atoms with van der Waals surface area (Å²) in [4.78, 5) is 51.4. The Labute approximate surface area is 202 Å².